The minimum atomic E-state index is -2.07. The molecule has 1 heterocycles. The number of carbonyl (C=O) groups excluding carboxylic acids is 1. The Balaban J connectivity index is 0.000000315. The van der Waals surface area contributed by atoms with Gasteiger partial charge in [0.25, 0.3) is 0 Å². The average molecular weight is 293 g/mol. The number of hydrogen-bond acceptors (Lipinski definition) is 4. The van der Waals surface area contributed by atoms with E-state index in [0.717, 1.165) is 19.5 Å². The monoisotopic (exact) mass is 293 g/mol. The van der Waals surface area contributed by atoms with Crippen molar-refractivity contribution >= 4 is 11.9 Å². The fraction of sp³-hybridized carbons (Fsp3) is 0.333. The first-order chi connectivity index (χ1) is 10.0. The molecule has 0 amide bonds. The van der Waals surface area contributed by atoms with E-state index in [0.29, 0.717) is 0 Å². The highest BCUT2D eigenvalue weighted by atomic mass is 16.4. The first-order valence-corrected chi connectivity index (χ1v) is 6.63. The number of aliphatic carboxylic acids is 2. The van der Waals surface area contributed by atoms with Gasteiger partial charge in [0.1, 0.15) is 13.1 Å². The van der Waals surface area contributed by atoms with Crippen molar-refractivity contribution in [3.8, 4) is 0 Å². The van der Waals surface area contributed by atoms with E-state index < -0.39 is 11.9 Å². The Morgan fingerprint density at radius 3 is 2.38 bits per heavy atom. The number of carboxylic acids is 2. The summed E-state index contributed by atoms with van der Waals surface area (Å²) < 4.78 is 0. The van der Waals surface area contributed by atoms with Gasteiger partial charge in [0, 0.05) is 17.6 Å². The van der Waals surface area contributed by atoms with Crippen LogP contribution in [0, 0.1) is 0 Å². The van der Waals surface area contributed by atoms with Gasteiger partial charge in [0.05, 0.1) is 13.2 Å². The molecular weight excluding hydrogens is 274 g/mol. The topological polar surface area (TPSA) is 102 Å². The summed E-state index contributed by atoms with van der Waals surface area (Å²) in [5, 5.41) is 25.4. The summed E-state index contributed by atoms with van der Waals surface area (Å²) in [5.41, 5.74) is 2.57. The first kappa shape index (κ1) is 16.9. The molecule has 1 aliphatic rings. The van der Waals surface area contributed by atoms with Crippen LogP contribution in [0.5, 0.6) is 0 Å². The molecule has 0 spiro atoms. The number of nitrogens with one attached hydrogen (secondary N) is 1. The van der Waals surface area contributed by atoms with Crippen LogP contribution < -0.4 is 10.0 Å². The van der Waals surface area contributed by atoms with Gasteiger partial charge in [-0.2, -0.15) is 0 Å². The van der Waals surface area contributed by atoms with Gasteiger partial charge in [0.2, 0.25) is 0 Å². The normalized spacial score (nSPS) is 17.2. The third kappa shape index (κ3) is 6.69. The molecule has 0 fully saturated rings. The number of benzene rings is 1. The third-order valence-corrected chi connectivity index (χ3v) is 3.08. The highest BCUT2D eigenvalue weighted by Crippen LogP contribution is 1.99. The van der Waals surface area contributed by atoms with Crippen LogP contribution in [-0.4, -0.2) is 41.8 Å². The maximum atomic E-state index is 9.09. The van der Waals surface area contributed by atoms with Crippen molar-refractivity contribution in [1.82, 2.24) is 0 Å². The molecule has 6 nitrogen and oxygen atoms in total. The highest BCUT2D eigenvalue weighted by molar-refractivity contribution is 6.26. The van der Waals surface area contributed by atoms with Crippen LogP contribution in [0.2, 0.25) is 0 Å². The van der Waals surface area contributed by atoms with Gasteiger partial charge in [0.15, 0.2) is 5.97 Å². The molecule has 0 bridgehead atoms. The molecule has 1 aliphatic heterocycles. The van der Waals surface area contributed by atoms with Crippen molar-refractivity contribution in [3.05, 3.63) is 47.5 Å². The largest absolute Gasteiger partial charge is 0.539 e. The zero-order valence-corrected chi connectivity index (χ0v) is 11.6. The van der Waals surface area contributed by atoms with E-state index in [-0.39, 0.29) is 6.61 Å². The summed E-state index contributed by atoms with van der Waals surface area (Å²) in [6.45, 7) is 3.46. The van der Waals surface area contributed by atoms with Gasteiger partial charge >= 0.3 is 5.97 Å². The number of quaternary nitrogens is 1. The number of hydrogen-bond donors (Lipinski definition) is 3. The van der Waals surface area contributed by atoms with E-state index in [4.69, 9.17) is 24.9 Å². The van der Waals surface area contributed by atoms with Crippen LogP contribution in [0.1, 0.15) is 12.0 Å². The van der Waals surface area contributed by atoms with Gasteiger partial charge in [-0.1, -0.05) is 36.4 Å². The number of aliphatic hydroxyl groups excluding tert-OH is 1. The van der Waals surface area contributed by atoms with Crippen LogP contribution in [0.15, 0.2) is 42.0 Å². The van der Waals surface area contributed by atoms with E-state index in [1.54, 1.807) is 4.90 Å². The zero-order chi connectivity index (χ0) is 15.7. The van der Waals surface area contributed by atoms with Gasteiger partial charge in [-0.05, 0) is 0 Å². The molecular formula is C15H19NO5. The SMILES string of the molecule is O=C([O-])C(=O)O.OCC1=CCC[NH+](Cc2ccccc2)C1. The molecule has 0 radical (unpaired) electrons. The fourth-order valence-electron chi connectivity index (χ4n) is 2.12. The molecule has 1 aromatic rings. The lowest BCUT2D eigenvalue weighted by Gasteiger charge is -2.23. The Morgan fingerprint density at radius 1 is 1.24 bits per heavy atom. The molecule has 0 aliphatic carbocycles. The van der Waals surface area contributed by atoms with Crippen LogP contribution in [0.4, 0.5) is 0 Å². The third-order valence-electron chi connectivity index (χ3n) is 3.08. The second kappa shape index (κ2) is 8.89. The fourth-order valence-corrected chi connectivity index (χ4v) is 2.12. The Morgan fingerprint density at radius 2 is 1.86 bits per heavy atom. The maximum absolute atomic E-state index is 9.09. The number of rotatable bonds is 3. The summed E-state index contributed by atoms with van der Waals surface area (Å²) in [6.07, 6.45) is 3.27. The predicted octanol–water partition coefficient (Wildman–Crippen LogP) is -1.79. The molecule has 21 heavy (non-hydrogen) atoms. The standard InChI is InChI=1S/C13H17NO.C2H2O4/c15-11-13-7-4-8-14(10-13)9-12-5-2-1-3-6-12;3-1(4)2(5)6/h1-3,5-7,15H,4,8-11H2;(H,3,4)(H,5,6). The molecule has 1 aromatic carbocycles. The van der Waals surface area contributed by atoms with E-state index >= 15 is 0 Å². The Labute approximate surface area is 122 Å². The van der Waals surface area contributed by atoms with Crippen molar-refractivity contribution in [2.45, 2.75) is 13.0 Å². The summed E-state index contributed by atoms with van der Waals surface area (Å²) in [4.78, 5) is 19.6. The van der Waals surface area contributed by atoms with Crippen molar-refractivity contribution < 1.29 is 29.8 Å². The molecule has 3 N–H and O–H groups in total. The highest BCUT2D eigenvalue weighted by Gasteiger charge is 2.15. The minimum absolute atomic E-state index is 0.221. The van der Waals surface area contributed by atoms with Crippen LogP contribution in [0.3, 0.4) is 0 Å². The molecule has 2 rings (SSSR count). The second-order valence-corrected chi connectivity index (χ2v) is 4.74. The lowest BCUT2D eigenvalue weighted by atomic mass is 10.1. The summed E-state index contributed by atoms with van der Waals surface area (Å²) in [5.74, 6) is -4.01. The van der Waals surface area contributed by atoms with Crippen LogP contribution in [0.25, 0.3) is 0 Å². The second-order valence-electron chi connectivity index (χ2n) is 4.74. The van der Waals surface area contributed by atoms with E-state index in [9.17, 15) is 0 Å². The molecule has 0 saturated carbocycles. The maximum Gasteiger partial charge on any atom is 0.351 e. The van der Waals surface area contributed by atoms with Crippen molar-refractivity contribution in [2.24, 2.45) is 0 Å². The molecule has 1 unspecified atom stereocenters. The van der Waals surface area contributed by atoms with E-state index in [2.05, 4.69) is 30.3 Å². The molecule has 114 valence electrons. The van der Waals surface area contributed by atoms with Crippen molar-refractivity contribution in [2.75, 3.05) is 19.7 Å². The Hall–Kier alpha value is -2.18. The van der Waals surface area contributed by atoms with Crippen molar-refractivity contribution in [3.63, 3.8) is 0 Å². The van der Waals surface area contributed by atoms with E-state index in [1.807, 2.05) is 6.07 Å². The number of aliphatic hydroxyl groups is 1. The Kier molecular flexibility index (Phi) is 7.14. The quantitative estimate of drug-likeness (QED) is 0.451. The van der Waals surface area contributed by atoms with E-state index in [1.165, 1.54) is 17.7 Å². The average Bonchev–Trinajstić information content (AvgIpc) is 2.49. The van der Waals surface area contributed by atoms with Gasteiger partial charge < -0.3 is 25.0 Å². The van der Waals surface area contributed by atoms with Crippen LogP contribution >= 0.6 is 0 Å². The number of carboxylic acid groups (broad SMARTS) is 2. The summed E-state index contributed by atoms with van der Waals surface area (Å²) >= 11 is 0. The lowest BCUT2D eigenvalue weighted by Crippen LogP contribution is -3.11. The van der Waals surface area contributed by atoms with Gasteiger partial charge in [-0.15, -0.1) is 0 Å². The predicted molar refractivity (Wildman–Crippen MR) is 73.3 cm³/mol. The van der Waals surface area contributed by atoms with Gasteiger partial charge in [-0.25, -0.2) is 4.79 Å². The summed E-state index contributed by atoms with van der Waals surface area (Å²) in [7, 11) is 0. The zero-order valence-electron chi connectivity index (χ0n) is 11.6. The smallest absolute Gasteiger partial charge is 0.351 e. The van der Waals surface area contributed by atoms with Crippen LogP contribution in [-0.2, 0) is 16.1 Å². The molecule has 0 saturated heterocycles. The minimum Gasteiger partial charge on any atom is -0.539 e. The lowest BCUT2D eigenvalue weighted by molar-refractivity contribution is -0.910. The Bertz CT molecular complexity index is 486. The summed E-state index contributed by atoms with van der Waals surface area (Å²) in [6, 6.07) is 10.6. The molecule has 1 atom stereocenters. The number of carbonyl (C=O) groups is 2. The van der Waals surface area contributed by atoms with Crippen molar-refractivity contribution in [1.29, 1.82) is 0 Å². The molecule has 0 aromatic heterocycles. The van der Waals surface area contributed by atoms with Gasteiger partial charge in [-0.3, -0.25) is 0 Å². The first-order valence-electron chi connectivity index (χ1n) is 6.63. The molecule has 6 heteroatoms.